The number of hydrogen-bond donors (Lipinski definition) is 0. The molecular weight excluding hydrogens is 346 g/mol. The number of nitrogens with zero attached hydrogens (tertiary/aromatic N) is 3. The van der Waals surface area contributed by atoms with Gasteiger partial charge in [-0.1, -0.05) is 17.8 Å². The van der Waals surface area contributed by atoms with Gasteiger partial charge in [-0.2, -0.15) is 0 Å². The molecule has 1 aliphatic rings. The smallest absolute Gasteiger partial charge is 0.238 e. The van der Waals surface area contributed by atoms with Gasteiger partial charge < -0.3 is 9.64 Å². The first-order valence-electron chi connectivity index (χ1n) is 8.45. The molecule has 6 heteroatoms. The number of aryl methyl sites for hydroxylation is 1. The lowest BCUT2D eigenvalue weighted by Gasteiger charge is -2.41. The van der Waals surface area contributed by atoms with Crippen LogP contribution in [0.25, 0.3) is 5.57 Å². The van der Waals surface area contributed by atoms with E-state index in [1.54, 1.807) is 13.3 Å². The van der Waals surface area contributed by atoms with Crippen molar-refractivity contribution in [3.63, 3.8) is 0 Å². The molecule has 0 N–H and O–H groups in total. The average molecular weight is 369 g/mol. The third-order valence-corrected chi connectivity index (χ3v) is 5.21. The molecule has 0 saturated heterocycles. The Hall–Kier alpha value is -2.34. The van der Waals surface area contributed by atoms with Crippen LogP contribution in [0.3, 0.4) is 0 Å². The van der Waals surface area contributed by atoms with E-state index in [1.165, 1.54) is 11.8 Å². The number of benzene rings is 1. The fourth-order valence-corrected chi connectivity index (χ4v) is 4.00. The highest BCUT2D eigenvalue weighted by molar-refractivity contribution is 7.99. The average Bonchev–Trinajstić information content (AvgIpc) is 2.59. The largest absolute Gasteiger partial charge is 0.497 e. The van der Waals surface area contributed by atoms with Gasteiger partial charge in [0.25, 0.3) is 0 Å². The van der Waals surface area contributed by atoms with Crippen LogP contribution in [0.15, 0.2) is 41.7 Å². The van der Waals surface area contributed by atoms with Crippen molar-refractivity contribution in [3.8, 4) is 5.75 Å². The minimum atomic E-state index is -0.406. The summed E-state index contributed by atoms with van der Waals surface area (Å²) < 4.78 is 5.34. The van der Waals surface area contributed by atoms with Crippen LogP contribution in [-0.4, -0.2) is 34.3 Å². The van der Waals surface area contributed by atoms with Crippen molar-refractivity contribution in [3.05, 3.63) is 47.8 Å². The van der Waals surface area contributed by atoms with Crippen LogP contribution in [-0.2, 0) is 4.79 Å². The molecule has 0 aliphatic carbocycles. The minimum absolute atomic E-state index is 0.0280. The Kier molecular flexibility index (Phi) is 5.05. The number of hydrogen-bond acceptors (Lipinski definition) is 5. The van der Waals surface area contributed by atoms with Gasteiger partial charge in [-0.05, 0) is 57.5 Å². The van der Waals surface area contributed by atoms with Crippen molar-refractivity contribution in [1.29, 1.82) is 0 Å². The zero-order chi connectivity index (χ0) is 18.9. The van der Waals surface area contributed by atoms with Crippen LogP contribution in [0.2, 0.25) is 0 Å². The van der Waals surface area contributed by atoms with E-state index in [0.29, 0.717) is 5.16 Å². The third kappa shape index (κ3) is 3.60. The van der Waals surface area contributed by atoms with Crippen molar-refractivity contribution in [2.45, 2.75) is 38.4 Å². The standard InChI is InChI=1S/C20H23N3O2S/c1-13-11-20(3,4)23(17-7-6-15(25-5)10-16(13)17)18(24)12-26-19-21-9-8-14(2)22-19/h6-11H,12H2,1-5H3. The molecule has 0 spiro atoms. The molecule has 1 aromatic heterocycles. The number of allylic oxidation sites excluding steroid dienone is 1. The van der Waals surface area contributed by atoms with E-state index in [2.05, 4.69) is 36.8 Å². The van der Waals surface area contributed by atoms with E-state index in [9.17, 15) is 4.79 Å². The Balaban J connectivity index is 1.89. The van der Waals surface area contributed by atoms with Crippen LogP contribution >= 0.6 is 11.8 Å². The second-order valence-corrected chi connectivity index (χ2v) is 7.81. The van der Waals surface area contributed by atoms with Crippen molar-refractivity contribution >= 4 is 28.9 Å². The summed E-state index contributed by atoms with van der Waals surface area (Å²) in [6.07, 6.45) is 3.84. The Morgan fingerprint density at radius 2 is 2.04 bits per heavy atom. The fraction of sp³-hybridized carbons (Fsp3) is 0.350. The Labute approximate surface area is 158 Å². The molecule has 136 valence electrons. The van der Waals surface area contributed by atoms with Crippen LogP contribution in [0.5, 0.6) is 5.75 Å². The monoisotopic (exact) mass is 369 g/mol. The number of anilines is 1. The summed E-state index contributed by atoms with van der Waals surface area (Å²) in [6.45, 7) is 8.08. The lowest BCUT2D eigenvalue weighted by Crippen LogP contribution is -2.49. The predicted molar refractivity (Wildman–Crippen MR) is 106 cm³/mol. The summed E-state index contributed by atoms with van der Waals surface area (Å²) >= 11 is 1.36. The minimum Gasteiger partial charge on any atom is -0.497 e. The Bertz CT molecular complexity index is 877. The van der Waals surface area contributed by atoms with Gasteiger partial charge in [-0.3, -0.25) is 4.79 Å². The lowest BCUT2D eigenvalue weighted by atomic mass is 9.88. The molecule has 0 unspecified atom stereocenters. The quantitative estimate of drug-likeness (QED) is 0.599. The molecule has 1 aromatic carbocycles. The molecule has 1 aliphatic heterocycles. The van der Waals surface area contributed by atoms with Crippen molar-refractivity contribution in [2.24, 2.45) is 0 Å². The molecule has 3 rings (SSSR count). The van der Waals surface area contributed by atoms with Crippen LogP contribution in [0.1, 0.15) is 32.0 Å². The SMILES string of the molecule is COc1ccc2c(c1)C(C)=CC(C)(C)N2C(=O)CSc1nccc(C)n1. The van der Waals surface area contributed by atoms with Crippen LogP contribution in [0.4, 0.5) is 5.69 Å². The highest BCUT2D eigenvalue weighted by atomic mass is 32.2. The molecule has 2 aromatic rings. The topological polar surface area (TPSA) is 55.3 Å². The number of aromatic nitrogens is 2. The maximum atomic E-state index is 13.1. The van der Waals surface area contributed by atoms with Gasteiger partial charge >= 0.3 is 0 Å². The first-order valence-corrected chi connectivity index (χ1v) is 9.44. The Morgan fingerprint density at radius 1 is 1.27 bits per heavy atom. The second kappa shape index (κ2) is 7.11. The lowest BCUT2D eigenvalue weighted by molar-refractivity contribution is -0.116. The summed E-state index contributed by atoms with van der Waals surface area (Å²) in [6, 6.07) is 7.67. The molecule has 0 saturated carbocycles. The van der Waals surface area contributed by atoms with E-state index in [-0.39, 0.29) is 11.7 Å². The molecule has 0 bridgehead atoms. The molecule has 0 atom stereocenters. The third-order valence-electron chi connectivity index (χ3n) is 4.36. The maximum absolute atomic E-state index is 13.1. The van der Waals surface area contributed by atoms with Gasteiger partial charge in [0.1, 0.15) is 5.75 Å². The van der Waals surface area contributed by atoms with E-state index in [1.807, 2.05) is 36.1 Å². The summed E-state index contributed by atoms with van der Waals surface area (Å²) in [4.78, 5) is 23.5. The fourth-order valence-electron chi connectivity index (χ4n) is 3.28. The molecule has 0 fully saturated rings. The highest BCUT2D eigenvalue weighted by Crippen LogP contribution is 2.40. The summed E-state index contributed by atoms with van der Waals surface area (Å²) in [5.74, 6) is 1.09. The van der Waals surface area contributed by atoms with Gasteiger partial charge in [-0.15, -0.1) is 0 Å². The normalized spacial score (nSPS) is 15.3. The summed E-state index contributed by atoms with van der Waals surface area (Å²) in [7, 11) is 1.65. The number of amides is 1. The first kappa shape index (κ1) is 18.5. The first-order chi connectivity index (χ1) is 12.3. The van der Waals surface area contributed by atoms with Crippen molar-refractivity contribution in [1.82, 2.24) is 9.97 Å². The number of carbonyl (C=O) groups is 1. The van der Waals surface area contributed by atoms with Crippen LogP contribution in [0, 0.1) is 6.92 Å². The number of carbonyl (C=O) groups excluding carboxylic acids is 1. The summed E-state index contributed by atoms with van der Waals surface area (Å²) in [5, 5.41) is 0.620. The van der Waals surface area contributed by atoms with Gasteiger partial charge in [0.15, 0.2) is 5.16 Å². The van der Waals surface area contributed by atoms with Crippen molar-refractivity contribution in [2.75, 3.05) is 17.8 Å². The molecule has 1 amide bonds. The van der Waals surface area contributed by atoms with Gasteiger partial charge in [0, 0.05) is 17.5 Å². The number of ether oxygens (including phenoxy) is 1. The van der Waals surface area contributed by atoms with E-state index in [0.717, 1.165) is 28.3 Å². The zero-order valence-corrected chi connectivity index (χ0v) is 16.6. The van der Waals surface area contributed by atoms with Gasteiger partial charge in [0.2, 0.25) is 5.91 Å². The van der Waals surface area contributed by atoms with Gasteiger partial charge in [-0.25, -0.2) is 9.97 Å². The number of rotatable bonds is 4. The number of fused-ring (bicyclic) bond motifs is 1. The van der Waals surface area contributed by atoms with Gasteiger partial charge in [0.05, 0.1) is 24.1 Å². The highest BCUT2D eigenvalue weighted by Gasteiger charge is 2.35. The number of methoxy groups -OCH3 is 1. The molecule has 5 nitrogen and oxygen atoms in total. The van der Waals surface area contributed by atoms with E-state index < -0.39 is 5.54 Å². The maximum Gasteiger partial charge on any atom is 0.238 e. The second-order valence-electron chi connectivity index (χ2n) is 6.86. The molecule has 2 heterocycles. The van der Waals surface area contributed by atoms with Crippen LogP contribution < -0.4 is 9.64 Å². The molecular formula is C20H23N3O2S. The van der Waals surface area contributed by atoms with E-state index >= 15 is 0 Å². The van der Waals surface area contributed by atoms with E-state index in [4.69, 9.17) is 4.74 Å². The zero-order valence-electron chi connectivity index (χ0n) is 15.7. The Morgan fingerprint density at radius 3 is 2.73 bits per heavy atom. The molecule has 0 radical (unpaired) electrons. The number of thioether (sulfide) groups is 1. The molecule has 26 heavy (non-hydrogen) atoms. The summed E-state index contributed by atoms with van der Waals surface area (Å²) in [5.41, 5.74) is 3.56. The predicted octanol–water partition coefficient (Wildman–Crippen LogP) is 4.11. The van der Waals surface area contributed by atoms with Crippen molar-refractivity contribution < 1.29 is 9.53 Å².